The van der Waals surface area contributed by atoms with Crippen LogP contribution in [-0.2, 0) is 14.6 Å². The van der Waals surface area contributed by atoms with Gasteiger partial charge in [0, 0.05) is 41.8 Å². The van der Waals surface area contributed by atoms with Crippen molar-refractivity contribution in [1.29, 1.82) is 0 Å². The molecule has 1 amide bonds. The second-order valence-corrected chi connectivity index (χ2v) is 11.0. The molecule has 4 heterocycles. The summed E-state index contributed by atoms with van der Waals surface area (Å²) < 4.78 is 50.9. The number of nitrogens with zero attached hydrogens (tertiary/aromatic N) is 2. The average Bonchev–Trinajstić information content (AvgIpc) is 3.59. The van der Waals surface area contributed by atoms with E-state index in [1.165, 1.54) is 18.2 Å². The molecule has 2 saturated heterocycles. The van der Waals surface area contributed by atoms with E-state index in [1.807, 2.05) is 0 Å². The van der Waals surface area contributed by atoms with E-state index in [-0.39, 0.29) is 34.1 Å². The number of halogens is 1. The first-order valence-electron chi connectivity index (χ1n) is 11.2. The number of fused-ring (bicyclic) bond motifs is 3. The van der Waals surface area contributed by atoms with Crippen LogP contribution < -0.4 is 0 Å². The minimum Gasteiger partial charge on any atom is -0.454 e. The van der Waals surface area contributed by atoms with Gasteiger partial charge in [0.1, 0.15) is 17.1 Å². The van der Waals surface area contributed by atoms with Crippen molar-refractivity contribution in [3.63, 3.8) is 0 Å². The molecular formula is C26H21FN2O5S. The number of rotatable bonds is 4. The van der Waals surface area contributed by atoms with Crippen molar-refractivity contribution in [1.82, 2.24) is 9.88 Å². The van der Waals surface area contributed by atoms with Crippen molar-refractivity contribution in [3.05, 3.63) is 72.2 Å². The lowest BCUT2D eigenvalue weighted by Crippen LogP contribution is -2.41. The predicted molar refractivity (Wildman–Crippen MR) is 127 cm³/mol. The number of amides is 1. The highest BCUT2D eigenvalue weighted by Gasteiger charge is 2.42. The molecule has 2 aromatic heterocycles. The number of hydrogen-bond acceptors (Lipinski definition) is 6. The first-order valence-corrected chi connectivity index (χ1v) is 13.1. The van der Waals surface area contributed by atoms with Crippen LogP contribution in [0.2, 0.25) is 0 Å². The maximum Gasteiger partial charge on any atom is 0.257 e. The highest BCUT2D eigenvalue weighted by molar-refractivity contribution is 7.90. The monoisotopic (exact) mass is 492 g/mol. The first-order chi connectivity index (χ1) is 16.8. The first kappa shape index (κ1) is 21.9. The van der Waals surface area contributed by atoms with E-state index < -0.39 is 15.7 Å². The van der Waals surface area contributed by atoms with Gasteiger partial charge in [-0.15, -0.1) is 0 Å². The molecule has 0 unspecified atom stereocenters. The zero-order chi connectivity index (χ0) is 24.3. The second-order valence-electron chi connectivity index (χ2n) is 8.95. The third kappa shape index (κ3) is 3.71. The number of benzene rings is 2. The molecule has 0 radical (unpaired) electrons. The highest BCUT2D eigenvalue weighted by Crippen LogP contribution is 2.36. The van der Waals surface area contributed by atoms with Crippen LogP contribution in [0.1, 0.15) is 16.8 Å². The third-order valence-electron chi connectivity index (χ3n) is 6.66. The standard InChI is InChI=1S/C26H21FN2O5S/c1-35(31,32)18-7-5-15(6-8-18)23-12-22-25(34-23)20(9-10-28-22)19-3-2-4-21(24(19)27)26(30)29-13-17-11-16(29)14-33-17/h2-10,12,16-17H,11,13-14H2,1H3/t16-,17-/m1/s1. The zero-order valence-corrected chi connectivity index (χ0v) is 19.6. The molecule has 2 aliphatic rings. The minimum atomic E-state index is -3.32. The lowest BCUT2D eigenvalue weighted by molar-refractivity contribution is 0.0256. The molecule has 0 saturated carbocycles. The molecule has 6 rings (SSSR count). The molecule has 35 heavy (non-hydrogen) atoms. The maximum atomic E-state index is 15.7. The highest BCUT2D eigenvalue weighted by atomic mass is 32.2. The maximum absolute atomic E-state index is 15.7. The Bertz CT molecular complexity index is 1580. The van der Waals surface area contributed by atoms with Gasteiger partial charge in [-0.3, -0.25) is 9.78 Å². The van der Waals surface area contributed by atoms with Crippen molar-refractivity contribution in [2.24, 2.45) is 0 Å². The van der Waals surface area contributed by atoms with E-state index in [1.54, 1.807) is 47.5 Å². The molecule has 2 bridgehead atoms. The minimum absolute atomic E-state index is 0.00935. The van der Waals surface area contributed by atoms with Crippen LogP contribution in [0, 0.1) is 5.82 Å². The Morgan fingerprint density at radius 2 is 1.91 bits per heavy atom. The fourth-order valence-corrected chi connectivity index (χ4v) is 5.50. The fourth-order valence-electron chi connectivity index (χ4n) is 4.87. The Morgan fingerprint density at radius 3 is 2.60 bits per heavy atom. The summed E-state index contributed by atoms with van der Waals surface area (Å²) in [5, 5.41) is 0. The summed E-state index contributed by atoms with van der Waals surface area (Å²) in [6, 6.07) is 14.5. The third-order valence-corrected chi connectivity index (χ3v) is 7.79. The number of ether oxygens (including phenoxy) is 1. The SMILES string of the molecule is CS(=O)(=O)c1ccc(-c2cc3nccc(-c4cccc(C(=O)N5C[C@H]6C[C@@H]5CO6)c4F)c3o2)cc1. The molecule has 9 heteroatoms. The molecule has 2 aliphatic heterocycles. The molecule has 7 nitrogen and oxygen atoms in total. The summed E-state index contributed by atoms with van der Waals surface area (Å²) in [5.74, 6) is -0.471. The van der Waals surface area contributed by atoms with Crippen LogP contribution >= 0.6 is 0 Å². The second kappa shape index (κ2) is 8.00. The quantitative estimate of drug-likeness (QED) is 0.422. The number of aromatic nitrogens is 1. The van der Waals surface area contributed by atoms with Crippen molar-refractivity contribution in [3.8, 4) is 22.5 Å². The van der Waals surface area contributed by atoms with E-state index in [2.05, 4.69) is 4.98 Å². The number of likely N-dealkylation sites (tertiary alicyclic amines) is 1. The van der Waals surface area contributed by atoms with E-state index in [0.29, 0.717) is 41.1 Å². The van der Waals surface area contributed by atoms with Gasteiger partial charge in [-0.25, -0.2) is 12.8 Å². The lowest BCUT2D eigenvalue weighted by atomic mass is 10.0. The molecule has 178 valence electrons. The van der Waals surface area contributed by atoms with Crippen molar-refractivity contribution < 1.29 is 26.8 Å². The molecule has 0 spiro atoms. The average molecular weight is 493 g/mol. The van der Waals surface area contributed by atoms with Gasteiger partial charge in [0.15, 0.2) is 15.4 Å². The van der Waals surface area contributed by atoms with E-state index in [0.717, 1.165) is 12.7 Å². The van der Waals surface area contributed by atoms with Crippen molar-refractivity contribution in [2.45, 2.75) is 23.5 Å². The summed E-state index contributed by atoms with van der Waals surface area (Å²) in [4.78, 5) is 19.4. The Kier molecular flexibility index (Phi) is 5.01. The topological polar surface area (TPSA) is 89.7 Å². The normalized spacial score (nSPS) is 19.5. The van der Waals surface area contributed by atoms with Crippen LogP contribution in [0.5, 0.6) is 0 Å². The number of morpholine rings is 1. The van der Waals surface area contributed by atoms with Gasteiger partial charge in [0.05, 0.1) is 29.2 Å². The molecular weight excluding hydrogens is 471 g/mol. The molecule has 4 aromatic rings. The Labute approximate surface area is 201 Å². The number of carbonyl (C=O) groups excluding carboxylic acids is 1. The summed E-state index contributed by atoms with van der Waals surface area (Å²) >= 11 is 0. The van der Waals surface area contributed by atoms with Gasteiger partial charge in [-0.2, -0.15) is 0 Å². The van der Waals surface area contributed by atoms with Crippen molar-refractivity contribution >= 4 is 26.8 Å². The number of carbonyl (C=O) groups is 1. The smallest absolute Gasteiger partial charge is 0.257 e. The molecule has 2 aromatic carbocycles. The van der Waals surface area contributed by atoms with Crippen LogP contribution in [0.25, 0.3) is 33.6 Å². The predicted octanol–water partition coefficient (Wildman–Crippen LogP) is 4.32. The number of furan rings is 1. The van der Waals surface area contributed by atoms with E-state index in [4.69, 9.17) is 9.15 Å². The van der Waals surface area contributed by atoms with Gasteiger partial charge in [-0.1, -0.05) is 12.1 Å². The van der Waals surface area contributed by atoms with Gasteiger partial charge in [0.25, 0.3) is 5.91 Å². The van der Waals surface area contributed by atoms with Crippen molar-refractivity contribution in [2.75, 3.05) is 19.4 Å². The zero-order valence-electron chi connectivity index (χ0n) is 18.8. The number of hydrogen-bond donors (Lipinski definition) is 0. The van der Waals surface area contributed by atoms with Crippen LogP contribution in [0.4, 0.5) is 4.39 Å². The van der Waals surface area contributed by atoms with E-state index >= 15 is 4.39 Å². The molecule has 2 fully saturated rings. The van der Waals surface area contributed by atoms with Gasteiger partial charge in [0.2, 0.25) is 0 Å². The largest absolute Gasteiger partial charge is 0.454 e. The summed E-state index contributed by atoms with van der Waals surface area (Å²) in [5.41, 5.74) is 2.31. The van der Waals surface area contributed by atoms with Crippen LogP contribution in [-0.4, -0.2) is 55.8 Å². The molecule has 0 N–H and O–H groups in total. The van der Waals surface area contributed by atoms with Crippen LogP contribution in [0.15, 0.2) is 70.1 Å². The van der Waals surface area contributed by atoms with Gasteiger partial charge >= 0.3 is 0 Å². The summed E-state index contributed by atoms with van der Waals surface area (Å²) in [6.07, 6.45) is 3.53. The summed E-state index contributed by atoms with van der Waals surface area (Å²) in [6.45, 7) is 0.968. The van der Waals surface area contributed by atoms with E-state index in [9.17, 15) is 13.2 Å². The Hall–Kier alpha value is -3.56. The van der Waals surface area contributed by atoms with Gasteiger partial charge in [-0.05, 0) is 42.8 Å². The number of pyridine rings is 1. The Morgan fingerprint density at radius 1 is 1.11 bits per heavy atom. The summed E-state index contributed by atoms with van der Waals surface area (Å²) in [7, 11) is -3.32. The molecule has 2 atom stereocenters. The van der Waals surface area contributed by atoms with Gasteiger partial charge < -0.3 is 14.1 Å². The molecule has 0 aliphatic carbocycles. The lowest BCUT2D eigenvalue weighted by Gasteiger charge is -2.27. The fraction of sp³-hybridized carbons (Fsp3) is 0.231. The Balaban J connectivity index is 1.39. The van der Waals surface area contributed by atoms with Crippen LogP contribution in [0.3, 0.4) is 0 Å². The number of sulfone groups is 1.